The Morgan fingerprint density at radius 1 is 0.927 bits per heavy atom. The summed E-state index contributed by atoms with van der Waals surface area (Å²) in [5, 5.41) is 5.70. The van der Waals surface area contributed by atoms with E-state index in [9.17, 15) is 14.4 Å². The van der Waals surface area contributed by atoms with Gasteiger partial charge in [-0.1, -0.05) is 66.7 Å². The normalized spacial score (nSPS) is 19.2. The van der Waals surface area contributed by atoms with Crippen molar-refractivity contribution in [3.63, 3.8) is 0 Å². The highest BCUT2D eigenvalue weighted by Crippen LogP contribution is 2.33. The van der Waals surface area contributed by atoms with Gasteiger partial charge < -0.3 is 25.0 Å². The number of nitrogens with one attached hydrogen (secondary N) is 2. The molecule has 3 aromatic rings. The van der Waals surface area contributed by atoms with Crippen molar-refractivity contribution in [2.75, 3.05) is 19.0 Å². The van der Waals surface area contributed by atoms with Crippen LogP contribution in [0.15, 0.2) is 84.9 Å². The van der Waals surface area contributed by atoms with Gasteiger partial charge in [0.1, 0.15) is 23.9 Å². The van der Waals surface area contributed by atoms with Crippen LogP contribution in [0.3, 0.4) is 0 Å². The van der Waals surface area contributed by atoms with Crippen molar-refractivity contribution < 1.29 is 23.9 Å². The van der Waals surface area contributed by atoms with E-state index in [1.807, 2.05) is 60.7 Å². The van der Waals surface area contributed by atoms with Gasteiger partial charge in [-0.3, -0.25) is 9.59 Å². The maximum absolute atomic E-state index is 14.2. The summed E-state index contributed by atoms with van der Waals surface area (Å²) in [5.41, 5.74) is 1.99. The number of nitrogens with zero attached hydrogens (tertiary/aromatic N) is 1. The van der Waals surface area contributed by atoms with Gasteiger partial charge in [-0.05, 0) is 69.2 Å². The first-order valence-corrected chi connectivity index (χ1v) is 13.9. The van der Waals surface area contributed by atoms with Crippen LogP contribution in [0, 0.1) is 0 Å². The average molecular weight is 558 g/mol. The number of amides is 3. The van der Waals surface area contributed by atoms with Crippen molar-refractivity contribution >= 4 is 23.6 Å². The van der Waals surface area contributed by atoms with Crippen LogP contribution >= 0.6 is 0 Å². The molecule has 3 atom stereocenters. The van der Waals surface area contributed by atoms with Crippen LogP contribution in [0.4, 0.5) is 10.5 Å². The molecule has 3 amide bonds. The summed E-state index contributed by atoms with van der Waals surface area (Å²) in [4.78, 5) is 41.9. The molecule has 1 fully saturated rings. The summed E-state index contributed by atoms with van der Waals surface area (Å²) in [7, 11) is 1.55. The number of urea groups is 1. The van der Waals surface area contributed by atoms with E-state index >= 15 is 0 Å². The Morgan fingerprint density at radius 2 is 1.61 bits per heavy atom. The first kappa shape index (κ1) is 29.6. The lowest BCUT2D eigenvalue weighted by Gasteiger charge is -2.32. The molecule has 1 aliphatic rings. The first-order chi connectivity index (χ1) is 19.6. The Balaban J connectivity index is 1.65. The van der Waals surface area contributed by atoms with E-state index in [4.69, 9.17) is 9.47 Å². The fraction of sp³-hybridized carbons (Fsp3) is 0.364. The Kier molecular flexibility index (Phi) is 9.65. The molecule has 0 saturated carbocycles. The number of carbonyl (C=O) groups excluding carboxylic acids is 3. The third kappa shape index (κ3) is 8.58. The van der Waals surface area contributed by atoms with Crippen molar-refractivity contribution in [1.82, 2.24) is 10.2 Å². The van der Waals surface area contributed by atoms with Crippen molar-refractivity contribution in [2.24, 2.45) is 0 Å². The number of esters is 1. The number of benzene rings is 3. The summed E-state index contributed by atoms with van der Waals surface area (Å²) in [5.74, 6) is -0.220. The molecule has 0 aliphatic carbocycles. The number of carbonyl (C=O) groups is 3. The molecule has 3 aromatic carbocycles. The second-order valence-corrected chi connectivity index (χ2v) is 11.4. The number of likely N-dealkylation sites (tertiary alicyclic amines) is 1. The average Bonchev–Trinajstić information content (AvgIpc) is 3.05. The van der Waals surface area contributed by atoms with Crippen LogP contribution in [-0.4, -0.2) is 54.1 Å². The van der Waals surface area contributed by atoms with E-state index in [2.05, 4.69) is 10.6 Å². The van der Waals surface area contributed by atoms with E-state index in [-0.39, 0.29) is 24.4 Å². The smallest absolute Gasteiger partial charge is 0.326 e. The first-order valence-electron chi connectivity index (χ1n) is 13.9. The lowest BCUT2D eigenvalue weighted by Crippen LogP contribution is -2.53. The minimum Gasteiger partial charge on any atom is -0.497 e. The molecule has 0 aromatic heterocycles. The molecule has 0 bridgehead atoms. The molecule has 8 nitrogen and oxygen atoms in total. The molecule has 8 heteroatoms. The maximum Gasteiger partial charge on any atom is 0.326 e. The molecule has 216 valence electrons. The largest absolute Gasteiger partial charge is 0.497 e. The summed E-state index contributed by atoms with van der Waals surface area (Å²) in [6, 6.07) is 25.3. The number of anilines is 1. The fourth-order valence-electron chi connectivity index (χ4n) is 5.26. The molecule has 4 rings (SSSR count). The van der Waals surface area contributed by atoms with E-state index < -0.39 is 23.6 Å². The highest BCUT2D eigenvalue weighted by atomic mass is 16.6. The van der Waals surface area contributed by atoms with Gasteiger partial charge in [0.25, 0.3) is 0 Å². The number of methoxy groups -OCH3 is 1. The van der Waals surface area contributed by atoms with Gasteiger partial charge in [-0.15, -0.1) is 0 Å². The lowest BCUT2D eigenvalue weighted by atomic mass is 9.86. The Bertz CT molecular complexity index is 1320. The third-order valence-electron chi connectivity index (χ3n) is 7.04. The summed E-state index contributed by atoms with van der Waals surface area (Å²) >= 11 is 0. The quantitative estimate of drug-likeness (QED) is 0.354. The van der Waals surface area contributed by atoms with Crippen molar-refractivity contribution in [3.05, 3.63) is 96.1 Å². The summed E-state index contributed by atoms with van der Waals surface area (Å²) in [6.07, 6.45) is 1.59. The van der Waals surface area contributed by atoms with Crippen LogP contribution in [-0.2, 0) is 20.7 Å². The molecule has 0 radical (unpaired) electrons. The van der Waals surface area contributed by atoms with Gasteiger partial charge in [-0.2, -0.15) is 0 Å². The number of hydrogen-bond acceptors (Lipinski definition) is 5. The van der Waals surface area contributed by atoms with Gasteiger partial charge >= 0.3 is 12.0 Å². The molecule has 0 spiro atoms. The number of ether oxygens (including phenoxy) is 2. The predicted octanol–water partition coefficient (Wildman–Crippen LogP) is 5.54. The summed E-state index contributed by atoms with van der Waals surface area (Å²) < 4.78 is 10.9. The molecule has 1 saturated heterocycles. The number of rotatable bonds is 8. The Labute approximate surface area is 242 Å². The van der Waals surface area contributed by atoms with Gasteiger partial charge in [-0.25, -0.2) is 4.79 Å². The van der Waals surface area contributed by atoms with Crippen LogP contribution in [0.25, 0.3) is 0 Å². The molecular formula is C33H39N3O5. The van der Waals surface area contributed by atoms with Crippen LogP contribution in [0.2, 0.25) is 0 Å². The third-order valence-corrected chi connectivity index (χ3v) is 7.04. The fourth-order valence-corrected chi connectivity index (χ4v) is 5.26. The van der Waals surface area contributed by atoms with Crippen molar-refractivity contribution in [2.45, 2.75) is 63.6 Å². The molecule has 3 unspecified atom stereocenters. The van der Waals surface area contributed by atoms with Gasteiger partial charge in [0.15, 0.2) is 0 Å². The topological polar surface area (TPSA) is 97.0 Å². The highest BCUT2D eigenvalue weighted by Gasteiger charge is 2.39. The van der Waals surface area contributed by atoms with Gasteiger partial charge in [0, 0.05) is 17.8 Å². The second kappa shape index (κ2) is 13.4. The Morgan fingerprint density at radius 3 is 2.27 bits per heavy atom. The molecule has 41 heavy (non-hydrogen) atoms. The molecule has 1 heterocycles. The van der Waals surface area contributed by atoms with E-state index in [1.165, 1.54) is 0 Å². The SMILES string of the molecule is COc1cccc(NC(=O)NC2CC(c3ccccc3)CC(Cc3ccccc3)N(CC(=O)OC(C)(C)C)C2=O)c1. The zero-order chi connectivity index (χ0) is 29.4. The van der Waals surface area contributed by atoms with Crippen LogP contribution in [0.1, 0.15) is 50.7 Å². The zero-order valence-corrected chi connectivity index (χ0v) is 24.1. The van der Waals surface area contributed by atoms with E-state index in [0.717, 1.165) is 11.1 Å². The Hall–Kier alpha value is -4.33. The minimum atomic E-state index is -0.853. The standard InChI is InChI=1S/C33H39N3O5/c1-33(2,3)41-30(37)22-36-27(18-23-12-7-5-8-13-23)19-25(24-14-9-6-10-15-24)20-29(31(36)38)35-32(39)34-26-16-11-17-28(21-26)40-4/h5-17,21,25,27,29H,18-20,22H2,1-4H3,(H2,34,35,39). The molecular weight excluding hydrogens is 518 g/mol. The van der Waals surface area contributed by atoms with Gasteiger partial charge in [0.05, 0.1) is 7.11 Å². The molecule has 1 aliphatic heterocycles. The van der Waals surface area contributed by atoms with E-state index in [1.54, 1.807) is 57.0 Å². The van der Waals surface area contributed by atoms with Gasteiger partial charge in [0.2, 0.25) is 5.91 Å². The maximum atomic E-state index is 14.2. The lowest BCUT2D eigenvalue weighted by molar-refractivity contribution is -0.160. The monoisotopic (exact) mass is 557 g/mol. The van der Waals surface area contributed by atoms with Crippen LogP contribution in [0.5, 0.6) is 5.75 Å². The summed E-state index contributed by atoms with van der Waals surface area (Å²) in [6.45, 7) is 5.20. The zero-order valence-electron chi connectivity index (χ0n) is 24.1. The number of hydrogen-bond donors (Lipinski definition) is 2. The highest BCUT2D eigenvalue weighted by molar-refractivity contribution is 5.95. The molecule has 2 N–H and O–H groups in total. The van der Waals surface area contributed by atoms with Crippen molar-refractivity contribution in [3.8, 4) is 5.75 Å². The van der Waals surface area contributed by atoms with Crippen molar-refractivity contribution in [1.29, 1.82) is 0 Å². The van der Waals surface area contributed by atoms with Crippen LogP contribution < -0.4 is 15.4 Å². The predicted molar refractivity (Wildman–Crippen MR) is 159 cm³/mol. The van der Waals surface area contributed by atoms with E-state index in [0.29, 0.717) is 30.7 Å². The second-order valence-electron chi connectivity index (χ2n) is 11.4. The minimum absolute atomic E-state index is 0.0281.